The van der Waals surface area contributed by atoms with Gasteiger partial charge in [0.15, 0.2) is 14.6 Å². The van der Waals surface area contributed by atoms with E-state index in [-0.39, 0.29) is 17.1 Å². The summed E-state index contributed by atoms with van der Waals surface area (Å²) < 4.78 is 28.1. The van der Waals surface area contributed by atoms with E-state index in [9.17, 15) is 13.2 Å². The minimum Gasteiger partial charge on any atom is -0.316 e. The summed E-state index contributed by atoms with van der Waals surface area (Å²) in [7, 11) is -3.56. The van der Waals surface area contributed by atoms with Crippen molar-refractivity contribution < 1.29 is 13.2 Å². The molecular weight excluding hydrogens is 428 g/mol. The Labute approximate surface area is 179 Å². The van der Waals surface area contributed by atoms with Crippen LogP contribution in [0.4, 0.5) is 0 Å². The first-order valence-electron chi connectivity index (χ1n) is 9.37. The number of amides is 1. The first kappa shape index (κ1) is 21.7. The lowest BCUT2D eigenvalue weighted by atomic mass is 10.1. The third kappa shape index (κ3) is 4.97. The van der Waals surface area contributed by atoms with E-state index in [1.807, 2.05) is 18.4 Å². The van der Waals surface area contributed by atoms with Crippen molar-refractivity contribution in [3.8, 4) is 0 Å². The second-order valence-electron chi connectivity index (χ2n) is 6.99. The van der Waals surface area contributed by atoms with Crippen LogP contribution in [-0.2, 0) is 21.2 Å². The van der Waals surface area contributed by atoms with Gasteiger partial charge < -0.3 is 4.57 Å². The van der Waals surface area contributed by atoms with Crippen molar-refractivity contribution in [2.24, 2.45) is 4.99 Å². The van der Waals surface area contributed by atoms with E-state index in [1.165, 1.54) is 35.6 Å². The Morgan fingerprint density at radius 2 is 1.86 bits per heavy atom. The maximum atomic E-state index is 12.5. The van der Waals surface area contributed by atoms with Crippen LogP contribution in [0.15, 0.2) is 46.3 Å². The van der Waals surface area contributed by atoms with Crippen molar-refractivity contribution >= 4 is 48.9 Å². The molecule has 29 heavy (non-hydrogen) atoms. The lowest BCUT2D eigenvalue weighted by molar-refractivity contribution is -0.117. The number of carbonyl (C=O) groups is 1. The third-order valence-corrected chi connectivity index (χ3v) is 7.75. The summed E-state index contributed by atoms with van der Waals surface area (Å²) in [6, 6.07) is 10.2. The fourth-order valence-electron chi connectivity index (χ4n) is 3.18. The number of hydrogen-bond donors (Lipinski definition) is 0. The highest BCUT2D eigenvalue weighted by atomic mass is 35.5. The lowest BCUT2D eigenvalue weighted by Gasteiger charge is -2.05. The summed E-state index contributed by atoms with van der Waals surface area (Å²) in [6.07, 6.45) is 0.745. The Morgan fingerprint density at radius 3 is 2.52 bits per heavy atom. The molecule has 0 aliphatic heterocycles. The number of aromatic nitrogens is 1. The predicted octanol–water partition coefficient (Wildman–Crippen LogP) is 4.67. The van der Waals surface area contributed by atoms with Gasteiger partial charge in [-0.05, 0) is 61.7 Å². The second kappa shape index (κ2) is 8.81. The molecule has 0 radical (unpaired) electrons. The number of halogens is 1. The summed E-state index contributed by atoms with van der Waals surface area (Å²) >= 11 is 7.28. The standard InChI is InChI=1S/C21H23ClN2O3S2/c1-4-10-24-18-13-14(2)12-15(3)20(18)28-21(24)23-19(25)9-11-29(26,27)17-7-5-16(22)6-8-17/h5-8,12-13H,4,9-11H2,1-3H3. The van der Waals surface area contributed by atoms with E-state index in [0.29, 0.717) is 9.82 Å². The van der Waals surface area contributed by atoms with E-state index in [4.69, 9.17) is 11.6 Å². The molecule has 3 aromatic rings. The van der Waals surface area contributed by atoms with E-state index in [1.54, 1.807) is 0 Å². The largest absolute Gasteiger partial charge is 0.316 e. The number of sulfone groups is 1. The smallest absolute Gasteiger partial charge is 0.249 e. The first-order chi connectivity index (χ1) is 13.7. The molecule has 2 aromatic carbocycles. The van der Waals surface area contributed by atoms with Crippen LogP contribution in [0.5, 0.6) is 0 Å². The average molecular weight is 451 g/mol. The van der Waals surface area contributed by atoms with E-state index < -0.39 is 15.7 Å². The normalized spacial score (nSPS) is 12.6. The van der Waals surface area contributed by atoms with Gasteiger partial charge in [-0.3, -0.25) is 4.79 Å². The number of hydrogen-bond acceptors (Lipinski definition) is 4. The Balaban J connectivity index is 1.88. The molecule has 0 aliphatic carbocycles. The van der Waals surface area contributed by atoms with Crippen LogP contribution >= 0.6 is 22.9 Å². The van der Waals surface area contributed by atoms with Gasteiger partial charge in [-0.1, -0.05) is 35.9 Å². The van der Waals surface area contributed by atoms with Gasteiger partial charge in [0.2, 0.25) is 5.91 Å². The number of benzene rings is 2. The SMILES string of the molecule is CCCn1c(=NC(=O)CCS(=O)(=O)c2ccc(Cl)cc2)sc2c(C)cc(C)cc21. The maximum absolute atomic E-state index is 12.5. The highest BCUT2D eigenvalue weighted by Gasteiger charge is 2.17. The molecule has 154 valence electrons. The van der Waals surface area contributed by atoms with Crippen LogP contribution in [0.25, 0.3) is 10.2 Å². The summed E-state index contributed by atoms with van der Waals surface area (Å²) in [5, 5.41) is 0.464. The molecule has 0 unspecified atom stereocenters. The predicted molar refractivity (Wildman–Crippen MR) is 118 cm³/mol. The fourth-order valence-corrected chi connectivity index (χ4v) is 5.66. The molecule has 0 atom stereocenters. The number of rotatable bonds is 6. The molecule has 0 bridgehead atoms. The molecule has 0 N–H and O–H groups in total. The van der Waals surface area contributed by atoms with Gasteiger partial charge in [0.1, 0.15) is 0 Å². The zero-order valence-electron chi connectivity index (χ0n) is 16.6. The van der Waals surface area contributed by atoms with E-state index >= 15 is 0 Å². The Hall–Kier alpha value is -1.96. The molecule has 0 spiro atoms. The summed E-state index contributed by atoms with van der Waals surface area (Å²) in [6.45, 7) is 6.91. The minimum absolute atomic E-state index is 0.156. The fraction of sp³-hybridized carbons (Fsp3) is 0.333. The Morgan fingerprint density at radius 1 is 1.17 bits per heavy atom. The van der Waals surface area contributed by atoms with Crippen LogP contribution in [0.2, 0.25) is 5.02 Å². The zero-order chi connectivity index (χ0) is 21.2. The topological polar surface area (TPSA) is 68.5 Å². The third-order valence-electron chi connectivity index (χ3n) is 4.54. The maximum Gasteiger partial charge on any atom is 0.249 e. The Bertz CT molecular complexity index is 1220. The van der Waals surface area contributed by atoms with Crippen LogP contribution < -0.4 is 4.80 Å². The monoisotopic (exact) mass is 450 g/mol. The minimum atomic E-state index is -3.56. The first-order valence-corrected chi connectivity index (χ1v) is 12.2. The number of nitrogens with zero attached hydrogens (tertiary/aromatic N) is 2. The second-order valence-corrected chi connectivity index (χ2v) is 10.5. The van der Waals surface area contributed by atoms with Crippen molar-refractivity contribution in [2.45, 2.75) is 45.1 Å². The summed E-state index contributed by atoms with van der Waals surface area (Å²) in [4.78, 5) is 17.5. The van der Waals surface area contributed by atoms with Crippen molar-refractivity contribution in [1.82, 2.24) is 4.57 Å². The molecule has 1 aromatic heterocycles. The molecule has 8 heteroatoms. The van der Waals surface area contributed by atoms with Gasteiger partial charge in [0, 0.05) is 18.0 Å². The summed E-state index contributed by atoms with van der Waals surface area (Å²) in [5.41, 5.74) is 3.37. The highest BCUT2D eigenvalue weighted by molar-refractivity contribution is 7.91. The van der Waals surface area contributed by atoms with Crippen LogP contribution in [0.1, 0.15) is 30.9 Å². The number of aryl methyl sites for hydroxylation is 3. The summed E-state index contributed by atoms with van der Waals surface area (Å²) in [5.74, 6) is -0.721. The molecule has 5 nitrogen and oxygen atoms in total. The van der Waals surface area contributed by atoms with Crippen LogP contribution in [0.3, 0.4) is 0 Å². The highest BCUT2D eigenvalue weighted by Crippen LogP contribution is 2.24. The zero-order valence-corrected chi connectivity index (χ0v) is 19.0. The number of fused-ring (bicyclic) bond motifs is 1. The Kier molecular flexibility index (Phi) is 6.61. The molecule has 1 heterocycles. The quantitative estimate of drug-likeness (QED) is 0.547. The molecule has 3 rings (SSSR count). The number of carbonyl (C=O) groups excluding carboxylic acids is 1. The van der Waals surface area contributed by atoms with Gasteiger partial charge in [-0.2, -0.15) is 4.99 Å². The molecule has 0 saturated heterocycles. The van der Waals surface area contributed by atoms with Gasteiger partial charge in [0.25, 0.3) is 0 Å². The van der Waals surface area contributed by atoms with Crippen molar-refractivity contribution in [2.75, 3.05) is 5.75 Å². The lowest BCUT2D eigenvalue weighted by Crippen LogP contribution is -2.18. The van der Waals surface area contributed by atoms with Crippen molar-refractivity contribution in [1.29, 1.82) is 0 Å². The average Bonchev–Trinajstić information content (AvgIpc) is 2.99. The van der Waals surface area contributed by atoms with E-state index in [2.05, 4.69) is 24.0 Å². The molecule has 0 aliphatic rings. The number of thiazole rings is 1. The molecular formula is C21H23ClN2O3S2. The van der Waals surface area contributed by atoms with Crippen molar-refractivity contribution in [3.05, 3.63) is 57.3 Å². The molecule has 1 amide bonds. The van der Waals surface area contributed by atoms with Gasteiger partial charge >= 0.3 is 0 Å². The van der Waals surface area contributed by atoms with Crippen LogP contribution in [0, 0.1) is 13.8 Å². The van der Waals surface area contributed by atoms with Gasteiger partial charge in [-0.25, -0.2) is 8.42 Å². The van der Waals surface area contributed by atoms with Crippen LogP contribution in [-0.4, -0.2) is 24.6 Å². The van der Waals surface area contributed by atoms with E-state index in [0.717, 1.165) is 34.3 Å². The van der Waals surface area contributed by atoms with Crippen molar-refractivity contribution in [3.63, 3.8) is 0 Å². The molecule has 0 saturated carbocycles. The molecule has 0 fully saturated rings. The van der Waals surface area contributed by atoms with Gasteiger partial charge in [0.05, 0.1) is 20.9 Å². The van der Waals surface area contributed by atoms with Gasteiger partial charge in [-0.15, -0.1) is 0 Å².